The molecule has 0 aliphatic rings. The van der Waals surface area contributed by atoms with E-state index in [1.807, 2.05) is 0 Å². The van der Waals surface area contributed by atoms with E-state index >= 15 is 0 Å². The monoisotopic (exact) mass is 300 g/mol. The summed E-state index contributed by atoms with van der Waals surface area (Å²) in [6, 6.07) is 2.23. The molecule has 0 bridgehead atoms. The van der Waals surface area contributed by atoms with Crippen molar-refractivity contribution >= 4 is 11.6 Å². The zero-order valence-electron chi connectivity index (χ0n) is 10.8. The third-order valence-electron chi connectivity index (χ3n) is 2.98. The lowest BCUT2D eigenvalue weighted by atomic mass is 10.2. The molecule has 0 unspecified atom stereocenters. The number of hydrogen-bond acceptors (Lipinski definition) is 2. The maximum absolute atomic E-state index is 14.1. The van der Waals surface area contributed by atoms with Crippen LogP contribution in [0.5, 0.6) is 0 Å². The summed E-state index contributed by atoms with van der Waals surface area (Å²) >= 11 is 5.75. The summed E-state index contributed by atoms with van der Waals surface area (Å²) in [4.78, 5) is 26.2. The first-order valence-corrected chi connectivity index (χ1v) is 6.25. The van der Waals surface area contributed by atoms with Crippen LogP contribution in [0.15, 0.2) is 21.7 Å². The molecule has 106 valence electrons. The molecule has 0 saturated heterocycles. The van der Waals surface area contributed by atoms with E-state index in [1.54, 1.807) is 6.92 Å². The van der Waals surface area contributed by atoms with E-state index in [1.165, 1.54) is 13.0 Å². The highest BCUT2D eigenvalue weighted by Gasteiger charge is 2.20. The number of rotatable bonds is 2. The van der Waals surface area contributed by atoms with Crippen LogP contribution < -0.4 is 11.2 Å². The minimum Gasteiger partial charge on any atom is -0.297 e. The van der Waals surface area contributed by atoms with Gasteiger partial charge in [-0.05, 0) is 25.0 Å². The van der Waals surface area contributed by atoms with Crippen LogP contribution in [-0.2, 0) is 6.42 Å². The van der Waals surface area contributed by atoms with Crippen LogP contribution in [0, 0.1) is 18.6 Å². The summed E-state index contributed by atoms with van der Waals surface area (Å²) in [6.45, 7) is 3.06. The maximum atomic E-state index is 14.1. The summed E-state index contributed by atoms with van der Waals surface area (Å²) in [6.07, 6.45) is 0.226. The van der Waals surface area contributed by atoms with Gasteiger partial charge in [-0.2, -0.15) is 0 Å². The van der Waals surface area contributed by atoms with Crippen LogP contribution in [-0.4, -0.2) is 9.55 Å². The van der Waals surface area contributed by atoms with E-state index in [0.717, 1.165) is 6.07 Å². The van der Waals surface area contributed by atoms with Crippen LogP contribution in [0.25, 0.3) is 5.69 Å². The van der Waals surface area contributed by atoms with E-state index in [4.69, 9.17) is 11.6 Å². The van der Waals surface area contributed by atoms with Crippen molar-refractivity contribution in [3.05, 3.63) is 60.9 Å². The zero-order valence-corrected chi connectivity index (χ0v) is 11.5. The molecule has 0 aliphatic carbocycles. The van der Waals surface area contributed by atoms with E-state index in [2.05, 4.69) is 4.98 Å². The van der Waals surface area contributed by atoms with Crippen LogP contribution in [0.1, 0.15) is 18.1 Å². The Kier molecular flexibility index (Phi) is 3.76. The highest BCUT2D eigenvalue weighted by Crippen LogP contribution is 2.19. The van der Waals surface area contributed by atoms with E-state index in [0.29, 0.717) is 4.57 Å². The molecule has 7 heteroatoms. The third-order valence-corrected chi connectivity index (χ3v) is 3.31. The highest BCUT2D eigenvalue weighted by molar-refractivity contribution is 6.30. The lowest BCUT2D eigenvalue weighted by Crippen LogP contribution is -2.37. The van der Waals surface area contributed by atoms with Gasteiger partial charge in [-0.3, -0.25) is 9.78 Å². The van der Waals surface area contributed by atoms with Crippen molar-refractivity contribution in [2.45, 2.75) is 20.3 Å². The molecule has 0 atom stereocenters. The highest BCUT2D eigenvalue weighted by atomic mass is 35.5. The zero-order chi connectivity index (χ0) is 15.0. The molecular formula is C13H11ClF2N2O2. The maximum Gasteiger partial charge on any atom is 0.334 e. The summed E-state index contributed by atoms with van der Waals surface area (Å²) in [5.41, 5.74) is -2.29. The van der Waals surface area contributed by atoms with Gasteiger partial charge in [0, 0.05) is 0 Å². The average molecular weight is 301 g/mol. The number of aromatic nitrogens is 2. The van der Waals surface area contributed by atoms with Crippen molar-refractivity contribution in [1.29, 1.82) is 0 Å². The number of H-pyrrole nitrogens is 1. The van der Waals surface area contributed by atoms with Gasteiger partial charge in [0.25, 0.3) is 5.56 Å². The van der Waals surface area contributed by atoms with Crippen LogP contribution in [0.4, 0.5) is 8.78 Å². The van der Waals surface area contributed by atoms with Crippen molar-refractivity contribution in [1.82, 2.24) is 9.55 Å². The molecule has 2 rings (SSSR count). The lowest BCUT2D eigenvalue weighted by Gasteiger charge is -2.11. The summed E-state index contributed by atoms with van der Waals surface area (Å²) < 4.78 is 28.3. The van der Waals surface area contributed by atoms with Crippen LogP contribution >= 0.6 is 11.6 Å². The van der Waals surface area contributed by atoms with Crippen molar-refractivity contribution < 1.29 is 8.78 Å². The van der Waals surface area contributed by atoms with Gasteiger partial charge < -0.3 is 0 Å². The average Bonchev–Trinajstić information content (AvgIpc) is 2.38. The SMILES string of the molecule is CCc1c(Cl)[nH]c(=O)n(-c2c(F)ccc(C)c2F)c1=O. The molecule has 0 spiro atoms. The van der Waals surface area contributed by atoms with E-state index in [-0.39, 0.29) is 22.7 Å². The first-order valence-electron chi connectivity index (χ1n) is 5.87. The Labute approximate surface area is 117 Å². The molecule has 2 aromatic rings. The Balaban J connectivity index is 2.95. The van der Waals surface area contributed by atoms with Crippen molar-refractivity contribution in [3.63, 3.8) is 0 Å². The van der Waals surface area contributed by atoms with Gasteiger partial charge in [-0.25, -0.2) is 18.1 Å². The summed E-state index contributed by atoms with van der Waals surface area (Å²) in [7, 11) is 0. The minimum absolute atomic E-state index is 0.0894. The predicted molar refractivity (Wildman–Crippen MR) is 71.7 cm³/mol. The molecule has 0 saturated carbocycles. The smallest absolute Gasteiger partial charge is 0.297 e. The fourth-order valence-corrected chi connectivity index (χ4v) is 2.20. The topological polar surface area (TPSA) is 54.9 Å². The number of nitrogens with zero attached hydrogens (tertiary/aromatic N) is 1. The van der Waals surface area contributed by atoms with Crippen molar-refractivity contribution in [2.24, 2.45) is 0 Å². The molecule has 1 aromatic heterocycles. The molecule has 4 nitrogen and oxygen atoms in total. The fraction of sp³-hybridized carbons (Fsp3) is 0.231. The van der Waals surface area contributed by atoms with Gasteiger partial charge in [0.05, 0.1) is 5.56 Å². The summed E-state index contributed by atoms with van der Waals surface area (Å²) in [5, 5.41) is -0.118. The lowest BCUT2D eigenvalue weighted by molar-refractivity contribution is 0.556. The molecule has 1 N–H and O–H groups in total. The standard InChI is InChI=1S/C13H11ClF2N2O2/c1-3-7-11(14)17-13(20)18(12(7)19)10-8(15)5-4-6(2)9(10)16/h4-5H,3H2,1-2H3,(H,17,20). The van der Waals surface area contributed by atoms with Gasteiger partial charge >= 0.3 is 5.69 Å². The predicted octanol–water partition coefficient (Wildman–Crippen LogP) is 2.33. The number of hydrogen-bond donors (Lipinski definition) is 1. The molecular weight excluding hydrogens is 290 g/mol. The first kappa shape index (κ1) is 14.5. The van der Waals surface area contributed by atoms with E-state index in [9.17, 15) is 18.4 Å². The molecule has 0 aliphatic heterocycles. The van der Waals surface area contributed by atoms with Gasteiger partial charge in [-0.1, -0.05) is 24.6 Å². The van der Waals surface area contributed by atoms with Gasteiger partial charge in [0.15, 0.2) is 11.6 Å². The fourth-order valence-electron chi connectivity index (χ4n) is 1.90. The van der Waals surface area contributed by atoms with Gasteiger partial charge in [-0.15, -0.1) is 0 Å². The normalized spacial score (nSPS) is 10.8. The molecule has 0 amide bonds. The Hall–Kier alpha value is -1.95. The number of aryl methyl sites for hydroxylation is 1. The molecule has 0 radical (unpaired) electrons. The quantitative estimate of drug-likeness (QED) is 0.866. The number of nitrogens with one attached hydrogen (secondary N) is 1. The largest absolute Gasteiger partial charge is 0.334 e. The first-order chi connectivity index (χ1) is 9.38. The second-order valence-corrected chi connectivity index (χ2v) is 4.62. The Morgan fingerprint density at radius 1 is 1.30 bits per heavy atom. The molecule has 20 heavy (non-hydrogen) atoms. The van der Waals surface area contributed by atoms with Crippen molar-refractivity contribution in [3.8, 4) is 5.69 Å². The Bertz CT molecular complexity index is 796. The second-order valence-electron chi connectivity index (χ2n) is 4.24. The number of aromatic amines is 1. The number of benzene rings is 1. The molecule has 0 fully saturated rings. The van der Waals surface area contributed by atoms with Crippen molar-refractivity contribution in [2.75, 3.05) is 0 Å². The number of halogens is 3. The van der Waals surface area contributed by atoms with Gasteiger partial charge in [0.1, 0.15) is 10.8 Å². The third kappa shape index (κ3) is 2.16. The van der Waals surface area contributed by atoms with Crippen LogP contribution in [0.3, 0.4) is 0 Å². The molecule has 1 heterocycles. The van der Waals surface area contributed by atoms with Gasteiger partial charge in [0.2, 0.25) is 0 Å². The Morgan fingerprint density at radius 2 is 1.95 bits per heavy atom. The molecule has 1 aromatic carbocycles. The Morgan fingerprint density at radius 3 is 2.55 bits per heavy atom. The minimum atomic E-state index is -0.995. The van der Waals surface area contributed by atoms with Crippen LogP contribution in [0.2, 0.25) is 5.15 Å². The summed E-state index contributed by atoms with van der Waals surface area (Å²) in [5.74, 6) is -1.95. The second kappa shape index (κ2) is 5.20. The van der Waals surface area contributed by atoms with E-state index < -0.39 is 28.6 Å².